The molecule has 126 valence electrons. The first kappa shape index (κ1) is 16.3. The molecule has 2 aliphatic heterocycles. The molecule has 0 radical (unpaired) electrons. The third-order valence-electron chi connectivity index (χ3n) is 4.49. The number of carbonyl (C=O) groups is 1. The maximum absolute atomic E-state index is 13.0. The van der Waals surface area contributed by atoms with Gasteiger partial charge < -0.3 is 4.90 Å². The van der Waals surface area contributed by atoms with E-state index >= 15 is 0 Å². The zero-order valence-electron chi connectivity index (χ0n) is 12.7. The van der Waals surface area contributed by atoms with Gasteiger partial charge in [0.25, 0.3) is 6.43 Å². The predicted molar refractivity (Wildman–Crippen MR) is 79.3 cm³/mol. The molecular formula is C15H18F2N2O3S. The van der Waals surface area contributed by atoms with Crippen molar-refractivity contribution >= 4 is 15.9 Å². The van der Waals surface area contributed by atoms with E-state index in [-0.39, 0.29) is 23.8 Å². The summed E-state index contributed by atoms with van der Waals surface area (Å²) in [5, 5.41) is 0. The number of carbonyl (C=O) groups excluding carboxylic acids is 1. The smallest absolute Gasteiger partial charge is 0.255 e. The van der Waals surface area contributed by atoms with Gasteiger partial charge in [-0.25, -0.2) is 17.2 Å². The highest BCUT2D eigenvalue weighted by molar-refractivity contribution is 7.89. The van der Waals surface area contributed by atoms with Crippen LogP contribution in [0.25, 0.3) is 0 Å². The minimum atomic E-state index is -3.94. The number of rotatable bonds is 3. The lowest BCUT2D eigenvalue weighted by molar-refractivity contribution is -0.129. The molecule has 2 heterocycles. The maximum Gasteiger partial charge on any atom is 0.255 e. The van der Waals surface area contributed by atoms with Crippen molar-refractivity contribution in [2.75, 3.05) is 6.54 Å². The molecule has 0 N–H and O–H groups in total. The maximum atomic E-state index is 13.0. The molecule has 1 aromatic carbocycles. The summed E-state index contributed by atoms with van der Waals surface area (Å²) in [6.07, 6.45) is -2.06. The molecule has 3 rings (SSSR count). The van der Waals surface area contributed by atoms with Crippen molar-refractivity contribution in [2.24, 2.45) is 0 Å². The number of halogens is 2. The van der Waals surface area contributed by atoms with Crippen molar-refractivity contribution in [3.8, 4) is 0 Å². The van der Waals surface area contributed by atoms with Gasteiger partial charge in [0.2, 0.25) is 15.9 Å². The number of hydrogen-bond donors (Lipinski definition) is 0. The molecule has 0 aliphatic carbocycles. The number of fused-ring (bicyclic) bond motifs is 1. The molecule has 5 nitrogen and oxygen atoms in total. The van der Waals surface area contributed by atoms with E-state index in [4.69, 9.17) is 0 Å². The van der Waals surface area contributed by atoms with Crippen LogP contribution in [0.1, 0.15) is 30.9 Å². The zero-order chi connectivity index (χ0) is 16.8. The molecule has 23 heavy (non-hydrogen) atoms. The fourth-order valence-corrected chi connectivity index (χ4v) is 4.93. The second-order valence-corrected chi connectivity index (χ2v) is 7.86. The van der Waals surface area contributed by atoms with Gasteiger partial charge in [-0.15, -0.1) is 0 Å². The molecular weight excluding hydrogens is 326 g/mol. The summed E-state index contributed by atoms with van der Waals surface area (Å²) in [6, 6.07) is 3.37. The minimum Gasteiger partial charge on any atom is -0.334 e. The number of hydrogen-bond acceptors (Lipinski definition) is 3. The molecule has 2 aliphatic rings. The first-order chi connectivity index (χ1) is 10.8. The van der Waals surface area contributed by atoms with Crippen LogP contribution in [0.3, 0.4) is 0 Å². The zero-order valence-corrected chi connectivity index (χ0v) is 13.5. The fourth-order valence-electron chi connectivity index (χ4n) is 3.21. The highest BCUT2D eigenvalue weighted by Crippen LogP contribution is 2.32. The van der Waals surface area contributed by atoms with Gasteiger partial charge in [0.05, 0.1) is 10.9 Å². The largest absolute Gasteiger partial charge is 0.334 e. The van der Waals surface area contributed by atoms with Gasteiger partial charge in [0, 0.05) is 26.6 Å². The van der Waals surface area contributed by atoms with E-state index in [0.717, 1.165) is 15.4 Å². The molecule has 0 aromatic heterocycles. The van der Waals surface area contributed by atoms with Gasteiger partial charge in [0.1, 0.15) is 0 Å². The number of nitrogens with zero attached hydrogens (tertiary/aromatic N) is 2. The van der Waals surface area contributed by atoms with Crippen molar-refractivity contribution in [1.82, 2.24) is 9.21 Å². The summed E-state index contributed by atoms with van der Waals surface area (Å²) in [7, 11) is -3.94. The fraction of sp³-hybridized carbons (Fsp3) is 0.533. The Morgan fingerprint density at radius 2 is 1.96 bits per heavy atom. The average Bonchev–Trinajstić information content (AvgIpc) is 3.13. The lowest BCUT2D eigenvalue weighted by Gasteiger charge is -2.23. The topological polar surface area (TPSA) is 57.7 Å². The Bertz CT molecular complexity index is 736. The van der Waals surface area contributed by atoms with E-state index in [0.29, 0.717) is 19.5 Å². The van der Waals surface area contributed by atoms with Crippen molar-refractivity contribution in [1.29, 1.82) is 0 Å². The number of amides is 1. The van der Waals surface area contributed by atoms with Crippen LogP contribution in [-0.2, 0) is 27.9 Å². The van der Waals surface area contributed by atoms with Crippen molar-refractivity contribution in [2.45, 2.75) is 50.2 Å². The lowest BCUT2D eigenvalue weighted by atomic mass is 10.1. The molecule has 1 aromatic rings. The molecule has 1 fully saturated rings. The van der Waals surface area contributed by atoms with Gasteiger partial charge in [-0.1, -0.05) is 6.07 Å². The van der Waals surface area contributed by atoms with Crippen LogP contribution in [0.4, 0.5) is 8.78 Å². The van der Waals surface area contributed by atoms with Gasteiger partial charge in [-0.2, -0.15) is 4.31 Å². The molecule has 0 unspecified atom stereocenters. The normalized spacial score (nSPS) is 21.9. The Kier molecular flexibility index (Phi) is 4.14. The van der Waals surface area contributed by atoms with Crippen LogP contribution in [0.5, 0.6) is 0 Å². The van der Waals surface area contributed by atoms with Crippen LogP contribution in [0.15, 0.2) is 23.1 Å². The Morgan fingerprint density at radius 3 is 2.61 bits per heavy atom. The SMILES string of the molecule is CC(=O)N1Cc2ccc(S(=O)(=O)N3CCC[C@@H]3C(F)F)cc2C1. The highest BCUT2D eigenvalue weighted by Gasteiger charge is 2.40. The van der Waals surface area contributed by atoms with Gasteiger partial charge in [-0.3, -0.25) is 4.79 Å². The standard InChI is InChI=1S/C15H18F2N2O3S/c1-10(20)18-8-11-4-5-13(7-12(11)9-18)23(21,22)19-6-2-3-14(19)15(16)17/h4-5,7,14-15H,2-3,6,8-9H2,1H3/t14-/m1/s1. The minimum absolute atomic E-state index is 0.0224. The highest BCUT2D eigenvalue weighted by atomic mass is 32.2. The summed E-state index contributed by atoms with van der Waals surface area (Å²) in [6.45, 7) is 2.38. The van der Waals surface area contributed by atoms with E-state index in [1.807, 2.05) is 0 Å². The first-order valence-electron chi connectivity index (χ1n) is 7.48. The van der Waals surface area contributed by atoms with E-state index in [2.05, 4.69) is 0 Å². The van der Waals surface area contributed by atoms with E-state index < -0.39 is 22.5 Å². The van der Waals surface area contributed by atoms with Crippen LogP contribution in [0, 0.1) is 0 Å². The Labute approximate surface area is 133 Å². The summed E-state index contributed by atoms with van der Waals surface area (Å²) >= 11 is 0. The number of sulfonamides is 1. The van der Waals surface area contributed by atoms with Crippen LogP contribution >= 0.6 is 0 Å². The number of alkyl halides is 2. The van der Waals surface area contributed by atoms with Crippen molar-refractivity contribution in [3.05, 3.63) is 29.3 Å². The number of benzene rings is 1. The quantitative estimate of drug-likeness (QED) is 0.842. The van der Waals surface area contributed by atoms with E-state index in [9.17, 15) is 22.0 Å². The van der Waals surface area contributed by atoms with E-state index in [1.165, 1.54) is 19.1 Å². The summed E-state index contributed by atoms with van der Waals surface area (Å²) in [5.41, 5.74) is 1.65. The lowest BCUT2D eigenvalue weighted by Crippen LogP contribution is -2.39. The molecule has 1 saturated heterocycles. The molecule has 8 heteroatoms. The first-order valence-corrected chi connectivity index (χ1v) is 8.92. The predicted octanol–water partition coefficient (Wildman–Crippen LogP) is 1.97. The third kappa shape index (κ3) is 2.85. The van der Waals surface area contributed by atoms with E-state index in [1.54, 1.807) is 11.0 Å². The molecule has 0 bridgehead atoms. The summed E-state index contributed by atoms with van der Waals surface area (Å²) in [4.78, 5) is 13.1. The van der Waals surface area contributed by atoms with Crippen LogP contribution < -0.4 is 0 Å². The monoisotopic (exact) mass is 344 g/mol. The second-order valence-electron chi connectivity index (χ2n) is 5.97. The van der Waals surface area contributed by atoms with Crippen LogP contribution in [0.2, 0.25) is 0 Å². The Morgan fingerprint density at radius 1 is 1.26 bits per heavy atom. The van der Waals surface area contributed by atoms with Crippen molar-refractivity contribution in [3.63, 3.8) is 0 Å². The Balaban J connectivity index is 1.91. The second kappa shape index (κ2) is 5.83. The van der Waals surface area contributed by atoms with Gasteiger partial charge >= 0.3 is 0 Å². The molecule has 0 saturated carbocycles. The third-order valence-corrected chi connectivity index (χ3v) is 6.41. The molecule has 1 amide bonds. The van der Waals surface area contributed by atoms with Gasteiger partial charge in [0.15, 0.2) is 0 Å². The van der Waals surface area contributed by atoms with Crippen molar-refractivity contribution < 1.29 is 22.0 Å². The molecule has 1 atom stereocenters. The summed E-state index contributed by atoms with van der Waals surface area (Å²) in [5.74, 6) is -0.0806. The summed E-state index contributed by atoms with van der Waals surface area (Å²) < 4.78 is 52.4. The van der Waals surface area contributed by atoms with Crippen LogP contribution in [-0.4, -0.2) is 42.5 Å². The Hall–Kier alpha value is -1.54. The molecule has 0 spiro atoms. The average molecular weight is 344 g/mol. The van der Waals surface area contributed by atoms with Gasteiger partial charge in [-0.05, 0) is 36.1 Å².